The van der Waals surface area contributed by atoms with Crippen molar-refractivity contribution in [1.29, 1.82) is 0 Å². The SMILES string of the molecule is OC(c1ccc(Br)cc1Cl)C1CCCCCC1. The number of aliphatic hydroxyl groups is 1. The molecule has 17 heavy (non-hydrogen) atoms. The molecule has 1 fully saturated rings. The lowest BCUT2D eigenvalue weighted by Gasteiger charge is -2.22. The number of hydrogen-bond acceptors (Lipinski definition) is 1. The first-order valence-corrected chi connectivity index (χ1v) is 7.48. The minimum atomic E-state index is -0.409. The van der Waals surface area contributed by atoms with Crippen molar-refractivity contribution in [2.24, 2.45) is 5.92 Å². The van der Waals surface area contributed by atoms with Gasteiger partial charge < -0.3 is 5.11 Å². The predicted molar refractivity (Wildman–Crippen MR) is 75.3 cm³/mol. The molecule has 2 rings (SSSR count). The van der Waals surface area contributed by atoms with Gasteiger partial charge in [-0.3, -0.25) is 0 Å². The molecule has 0 aliphatic heterocycles. The fraction of sp³-hybridized carbons (Fsp3) is 0.571. The first-order valence-electron chi connectivity index (χ1n) is 6.31. The van der Waals surface area contributed by atoms with Gasteiger partial charge >= 0.3 is 0 Å². The van der Waals surface area contributed by atoms with E-state index in [1.807, 2.05) is 18.2 Å². The maximum Gasteiger partial charge on any atom is 0.0832 e. The largest absolute Gasteiger partial charge is 0.388 e. The van der Waals surface area contributed by atoms with Gasteiger partial charge in [-0.05, 0) is 36.5 Å². The topological polar surface area (TPSA) is 20.2 Å². The van der Waals surface area contributed by atoms with Gasteiger partial charge in [0.1, 0.15) is 0 Å². The van der Waals surface area contributed by atoms with E-state index in [1.165, 1.54) is 25.7 Å². The van der Waals surface area contributed by atoms with Crippen LogP contribution in [0.4, 0.5) is 0 Å². The first kappa shape index (κ1) is 13.4. The summed E-state index contributed by atoms with van der Waals surface area (Å²) in [6.07, 6.45) is 6.90. The van der Waals surface area contributed by atoms with Gasteiger partial charge in [0.15, 0.2) is 0 Å². The summed E-state index contributed by atoms with van der Waals surface area (Å²) in [6.45, 7) is 0. The molecule has 1 nitrogen and oxygen atoms in total. The van der Waals surface area contributed by atoms with Gasteiger partial charge in [0, 0.05) is 9.50 Å². The summed E-state index contributed by atoms with van der Waals surface area (Å²) in [5, 5.41) is 11.1. The van der Waals surface area contributed by atoms with Crippen LogP contribution in [0.5, 0.6) is 0 Å². The molecule has 1 atom stereocenters. The zero-order valence-corrected chi connectivity index (χ0v) is 12.2. The lowest BCUT2D eigenvalue weighted by Crippen LogP contribution is -2.12. The molecule has 1 aliphatic rings. The second-order valence-electron chi connectivity index (χ2n) is 4.86. The van der Waals surface area contributed by atoms with Crippen LogP contribution in [0.2, 0.25) is 5.02 Å². The Morgan fingerprint density at radius 1 is 1.18 bits per heavy atom. The zero-order chi connectivity index (χ0) is 12.3. The fourth-order valence-corrected chi connectivity index (χ4v) is 3.41. The van der Waals surface area contributed by atoms with E-state index in [1.54, 1.807) is 0 Å². The lowest BCUT2D eigenvalue weighted by atomic mass is 9.89. The van der Waals surface area contributed by atoms with Gasteiger partial charge in [-0.15, -0.1) is 0 Å². The molecule has 3 heteroatoms. The van der Waals surface area contributed by atoms with Gasteiger partial charge in [0.05, 0.1) is 6.10 Å². The standard InChI is InChI=1S/C14H18BrClO/c15-11-7-8-12(13(16)9-11)14(17)10-5-3-1-2-4-6-10/h7-10,14,17H,1-6H2. The molecule has 0 spiro atoms. The second-order valence-corrected chi connectivity index (χ2v) is 6.19. The van der Waals surface area contributed by atoms with Crippen molar-refractivity contribution in [1.82, 2.24) is 0 Å². The average Bonchev–Trinajstić information content (AvgIpc) is 2.56. The monoisotopic (exact) mass is 316 g/mol. The Labute approximate surface area is 116 Å². The Bertz CT molecular complexity index is 372. The minimum absolute atomic E-state index is 0.371. The third kappa shape index (κ3) is 3.46. The molecule has 0 heterocycles. The molecule has 1 aromatic carbocycles. The van der Waals surface area contributed by atoms with E-state index in [-0.39, 0.29) is 0 Å². The van der Waals surface area contributed by atoms with Gasteiger partial charge in [-0.25, -0.2) is 0 Å². The van der Waals surface area contributed by atoms with Crippen molar-refractivity contribution in [2.75, 3.05) is 0 Å². The highest BCUT2D eigenvalue weighted by molar-refractivity contribution is 9.10. The number of benzene rings is 1. The maximum absolute atomic E-state index is 10.4. The summed E-state index contributed by atoms with van der Waals surface area (Å²) in [7, 11) is 0. The van der Waals surface area contributed by atoms with E-state index in [2.05, 4.69) is 15.9 Å². The van der Waals surface area contributed by atoms with Crippen molar-refractivity contribution < 1.29 is 5.11 Å². The number of aliphatic hydroxyl groups excluding tert-OH is 1. The zero-order valence-electron chi connectivity index (χ0n) is 9.83. The molecule has 0 bridgehead atoms. The molecule has 0 radical (unpaired) electrons. The van der Waals surface area contributed by atoms with Crippen LogP contribution in [0.1, 0.15) is 50.2 Å². The van der Waals surface area contributed by atoms with Crippen molar-refractivity contribution in [3.8, 4) is 0 Å². The molecular weight excluding hydrogens is 300 g/mol. The molecular formula is C14H18BrClO. The summed E-state index contributed by atoms with van der Waals surface area (Å²) >= 11 is 9.58. The van der Waals surface area contributed by atoms with E-state index in [0.717, 1.165) is 22.9 Å². The van der Waals surface area contributed by atoms with Crippen LogP contribution in [0.3, 0.4) is 0 Å². The molecule has 1 unspecified atom stereocenters. The third-order valence-electron chi connectivity index (χ3n) is 3.63. The highest BCUT2D eigenvalue weighted by Gasteiger charge is 2.23. The summed E-state index contributed by atoms with van der Waals surface area (Å²) < 4.78 is 0.958. The van der Waals surface area contributed by atoms with Crippen LogP contribution in [0, 0.1) is 5.92 Å². The summed E-state index contributed by atoms with van der Waals surface area (Å²) in [6, 6.07) is 5.74. The smallest absolute Gasteiger partial charge is 0.0832 e. The van der Waals surface area contributed by atoms with Gasteiger partial charge in [-0.1, -0.05) is 59.3 Å². The van der Waals surface area contributed by atoms with Crippen LogP contribution in [-0.4, -0.2) is 5.11 Å². The Hall–Kier alpha value is -0.0500. The van der Waals surface area contributed by atoms with Crippen molar-refractivity contribution in [3.05, 3.63) is 33.3 Å². The quantitative estimate of drug-likeness (QED) is 0.752. The number of rotatable bonds is 2. The molecule has 1 saturated carbocycles. The molecule has 1 aromatic rings. The first-order chi connectivity index (χ1) is 8.18. The Balaban J connectivity index is 2.14. The molecule has 94 valence electrons. The Kier molecular flexibility index (Phi) is 4.89. The third-order valence-corrected chi connectivity index (χ3v) is 4.45. The van der Waals surface area contributed by atoms with E-state index in [4.69, 9.17) is 11.6 Å². The lowest BCUT2D eigenvalue weighted by molar-refractivity contribution is 0.0989. The summed E-state index contributed by atoms with van der Waals surface area (Å²) in [5.74, 6) is 0.371. The minimum Gasteiger partial charge on any atom is -0.388 e. The van der Waals surface area contributed by atoms with Crippen molar-refractivity contribution in [3.63, 3.8) is 0 Å². The van der Waals surface area contributed by atoms with E-state index >= 15 is 0 Å². The van der Waals surface area contributed by atoms with Crippen LogP contribution in [0.15, 0.2) is 22.7 Å². The van der Waals surface area contributed by atoms with E-state index in [0.29, 0.717) is 10.9 Å². The Morgan fingerprint density at radius 3 is 2.41 bits per heavy atom. The normalized spacial score (nSPS) is 19.9. The van der Waals surface area contributed by atoms with Crippen molar-refractivity contribution in [2.45, 2.75) is 44.6 Å². The highest BCUT2D eigenvalue weighted by Crippen LogP contribution is 2.36. The molecule has 0 amide bonds. The van der Waals surface area contributed by atoms with E-state index < -0.39 is 6.10 Å². The van der Waals surface area contributed by atoms with Crippen molar-refractivity contribution >= 4 is 27.5 Å². The van der Waals surface area contributed by atoms with Crippen LogP contribution < -0.4 is 0 Å². The highest BCUT2D eigenvalue weighted by atomic mass is 79.9. The summed E-state index contributed by atoms with van der Waals surface area (Å²) in [5.41, 5.74) is 0.877. The number of halogens is 2. The average molecular weight is 318 g/mol. The molecule has 0 saturated heterocycles. The molecule has 0 aromatic heterocycles. The fourth-order valence-electron chi connectivity index (χ4n) is 2.62. The van der Waals surface area contributed by atoms with E-state index in [9.17, 15) is 5.11 Å². The molecule has 1 aliphatic carbocycles. The van der Waals surface area contributed by atoms with Gasteiger partial charge in [0.25, 0.3) is 0 Å². The second kappa shape index (κ2) is 6.21. The van der Waals surface area contributed by atoms with Crippen LogP contribution >= 0.6 is 27.5 Å². The van der Waals surface area contributed by atoms with Gasteiger partial charge in [-0.2, -0.15) is 0 Å². The maximum atomic E-state index is 10.4. The van der Waals surface area contributed by atoms with Gasteiger partial charge in [0.2, 0.25) is 0 Å². The number of hydrogen-bond donors (Lipinski definition) is 1. The van der Waals surface area contributed by atoms with Crippen LogP contribution in [0.25, 0.3) is 0 Å². The molecule has 1 N–H and O–H groups in total. The summed E-state index contributed by atoms with van der Waals surface area (Å²) in [4.78, 5) is 0. The van der Waals surface area contributed by atoms with Crippen LogP contribution in [-0.2, 0) is 0 Å². The predicted octanol–water partition coefficient (Wildman–Crippen LogP) is 5.11. The Morgan fingerprint density at radius 2 is 1.82 bits per heavy atom.